The topological polar surface area (TPSA) is 49.8 Å². The Morgan fingerprint density at radius 1 is 1.33 bits per heavy atom. The van der Waals surface area contributed by atoms with E-state index in [0.717, 1.165) is 39.1 Å². The van der Waals surface area contributed by atoms with Crippen molar-refractivity contribution >= 4 is 5.97 Å². The largest absolute Gasteiger partial charge is 0.481 e. The Kier molecular flexibility index (Phi) is 3.26. The van der Waals surface area contributed by atoms with Crippen LogP contribution in [0.2, 0.25) is 0 Å². The zero-order valence-electron chi connectivity index (χ0n) is 9.19. The van der Waals surface area contributed by atoms with E-state index in [-0.39, 0.29) is 11.8 Å². The monoisotopic (exact) mass is 213 g/mol. The van der Waals surface area contributed by atoms with Gasteiger partial charge in [-0.3, -0.25) is 9.69 Å². The van der Waals surface area contributed by atoms with Crippen LogP contribution in [0.1, 0.15) is 19.8 Å². The molecule has 2 heterocycles. The first-order valence-electron chi connectivity index (χ1n) is 5.73. The Morgan fingerprint density at radius 2 is 2.00 bits per heavy atom. The van der Waals surface area contributed by atoms with Crippen LogP contribution in [0.4, 0.5) is 0 Å². The van der Waals surface area contributed by atoms with E-state index in [1.54, 1.807) is 0 Å². The first-order valence-corrected chi connectivity index (χ1v) is 5.73. The molecule has 2 rings (SSSR count). The normalized spacial score (nSPS) is 34.5. The van der Waals surface area contributed by atoms with Crippen molar-refractivity contribution in [2.75, 3.05) is 26.3 Å². The highest BCUT2D eigenvalue weighted by atomic mass is 16.5. The summed E-state index contributed by atoms with van der Waals surface area (Å²) < 4.78 is 5.32. The summed E-state index contributed by atoms with van der Waals surface area (Å²) >= 11 is 0. The summed E-state index contributed by atoms with van der Waals surface area (Å²) in [6.07, 6.45) is 2.11. The van der Waals surface area contributed by atoms with Gasteiger partial charge in [-0.2, -0.15) is 0 Å². The van der Waals surface area contributed by atoms with Crippen molar-refractivity contribution in [3.05, 3.63) is 0 Å². The number of ether oxygens (including phenoxy) is 1. The fourth-order valence-corrected chi connectivity index (χ4v) is 2.67. The second-order valence-electron chi connectivity index (χ2n) is 4.72. The molecule has 0 bridgehead atoms. The van der Waals surface area contributed by atoms with Crippen LogP contribution >= 0.6 is 0 Å². The molecular weight excluding hydrogens is 194 g/mol. The number of nitrogens with zero attached hydrogens (tertiary/aromatic N) is 1. The lowest BCUT2D eigenvalue weighted by Gasteiger charge is -2.30. The Labute approximate surface area is 90.2 Å². The van der Waals surface area contributed by atoms with Gasteiger partial charge in [-0.15, -0.1) is 0 Å². The third-order valence-electron chi connectivity index (χ3n) is 3.67. The standard InChI is InChI=1S/C11H19NO3/c1-8-6-12(7-10(8)11(13)14)9-2-4-15-5-3-9/h8-10H,2-7H2,1H3,(H,13,14)/t8-,10-/m1/s1. The van der Waals surface area contributed by atoms with Gasteiger partial charge in [-0.1, -0.05) is 6.92 Å². The van der Waals surface area contributed by atoms with Crippen molar-refractivity contribution in [2.45, 2.75) is 25.8 Å². The summed E-state index contributed by atoms with van der Waals surface area (Å²) in [7, 11) is 0. The summed E-state index contributed by atoms with van der Waals surface area (Å²) in [6.45, 7) is 5.35. The molecule has 15 heavy (non-hydrogen) atoms. The highest BCUT2D eigenvalue weighted by molar-refractivity contribution is 5.71. The lowest BCUT2D eigenvalue weighted by Crippen LogP contribution is -2.38. The molecule has 4 nitrogen and oxygen atoms in total. The van der Waals surface area contributed by atoms with Crippen molar-refractivity contribution in [1.29, 1.82) is 0 Å². The number of hydrogen-bond donors (Lipinski definition) is 1. The van der Waals surface area contributed by atoms with Gasteiger partial charge in [-0.05, 0) is 18.8 Å². The predicted molar refractivity (Wildman–Crippen MR) is 55.7 cm³/mol. The predicted octanol–water partition coefficient (Wildman–Crippen LogP) is 0.818. The quantitative estimate of drug-likeness (QED) is 0.737. The third kappa shape index (κ3) is 2.32. The van der Waals surface area contributed by atoms with Gasteiger partial charge in [0.25, 0.3) is 0 Å². The van der Waals surface area contributed by atoms with E-state index in [9.17, 15) is 4.79 Å². The van der Waals surface area contributed by atoms with Gasteiger partial charge in [0, 0.05) is 32.3 Å². The SMILES string of the molecule is C[C@@H]1CN(C2CCOCC2)C[C@H]1C(=O)O. The maximum absolute atomic E-state index is 11.0. The molecule has 0 spiro atoms. The fraction of sp³-hybridized carbons (Fsp3) is 0.909. The van der Waals surface area contributed by atoms with Gasteiger partial charge in [0.05, 0.1) is 5.92 Å². The molecule has 2 atom stereocenters. The number of carbonyl (C=O) groups is 1. The highest BCUT2D eigenvalue weighted by Gasteiger charge is 2.37. The molecule has 0 radical (unpaired) electrons. The third-order valence-corrected chi connectivity index (χ3v) is 3.67. The van der Waals surface area contributed by atoms with Gasteiger partial charge in [0.2, 0.25) is 0 Å². The molecule has 2 saturated heterocycles. The molecule has 2 fully saturated rings. The van der Waals surface area contributed by atoms with Gasteiger partial charge in [-0.25, -0.2) is 0 Å². The Bertz CT molecular complexity index is 238. The van der Waals surface area contributed by atoms with Crippen LogP contribution in [0, 0.1) is 11.8 Å². The summed E-state index contributed by atoms with van der Waals surface area (Å²) in [4.78, 5) is 13.3. The average molecular weight is 213 g/mol. The van der Waals surface area contributed by atoms with E-state index in [0.29, 0.717) is 6.04 Å². The molecule has 86 valence electrons. The highest BCUT2D eigenvalue weighted by Crippen LogP contribution is 2.27. The minimum atomic E-state index is -0.642. The van der Waals surface area contributed by atoms with Crippen LogP contribution in [0.3, 0.4) is 0 Å². The van der Waals surface area contributed by atoms with E-state index >= 15 is 0 Å². The lowest BCUT2D eigenvalue weighted by atomic mass is 9.99. The summed E-state index contributed by atoms with van der Waals surface area (Å²) in [5.41, 5.74) is 0. The van der Waals surface area contributed by atoms with E-state index in [4.69, 9.17) is 9.84 Å². The minimum absolute atomic E-state index is 0.173. The van der Waals surface area contributed by atoms with Crippen molar-refractivity contribution in [3.8, 4) is 0 Å². The maximum atomic E-state index is 11.0. The van der Waals surface area contributed by atoms with Crippen molar-refractivity contribution in [1.82, 2.24) is 4.90 Å². The first-order chi connectivity index (χ1) is 7.18. The minimum Gasteiger partial charge on any atom is -0.481 e. The van der Waals surface area contributed by atoms with Crippen LogP contribution in [0.25, 0.3) is 0 Å². The van der Waals surface area contributed by atoms with E-state index in [1.807, 2.05) is 6.92 Å². The Hall–Kier alpha value is -0.610. The van der Waals surface area contributed by atoms with Gasteiger partial charge in [0.15, 0.2) is 0 Å². The van der Waals surface area contributed by atoms with Crippen LogP contribution in [-0.2, 0) is 9.53 Å². The first kappa shape index (κ1) is 10.9. The molecule has 1 N–H and O–H groups in total. The summed E-state index contributed by atoms with van der Waals surface area (Å²) in [5, 5.41) is 9.05. The van der Waals surface area contributed by atoms with Crippen LogP contribution in [-0.4, -0.2) is 48.3 Å². The number of hydrogen-bond acceptors (Lipinski definition) is 3. The Balaban J connectivity index is 1.92. The van der Waals surface area contributed by atoms with Gasteiger partial charge < -0.3 is 9.84 Å². The molecule has 0 aromatic carbocycles. The molecule has 0 amide bonds. The summed E-state index contributed by atoms with van der Waals surface area (Å²) in [6, 6.07) is 0.547. The molecule has 0 aromatic rings. The molecule has 0 unspecified atom stereocenters. The van der Waals surface area contributed by atoms with Crippen LogP contribution in [0.15, 0.2) is 0 Å². The number of rotatable bonds is 2. The molecule has 2 aliphatic heterocycles. The average Bonchev–Trinajstić information content (AvgIpc) is 2.62. The number of carboxylic acids is 1. The molecule has 0 saturated carbocycles. The van der Waals surface area contributed by atoms with Crippen molar-refractivity contribution in [2.24, 2.45) is 11.8 Å². The smallest absolute Gasteiger partial charge is 0.308 e. The van der Waals surface area contributed by atoms with Gasteiger partial charge in [0.1, 0.15) is 0 Å². The molecule has 0 aliphatic carbocycles. The van der Waals surface area contributed by atoms with Crippen molar-refractivity contribution in [3.63, 3.8) is 0 Å². The van der Waals surface area contributed by atoms with Crippen molar-refractivity contribution < 1.29 is 14.6 Å². The van der Waals surface area contributed by atoms with Gasteiger partial charge >= 0.3 is 5.97 Å². The maximum Gasteiger partial charge on any atom is 0.308 e. The van der Waals surface area contributed by atoms with E-state index in [1.165, 1.54) is 0 Å². The molecule has 4 heteroatoms. The molecular formula is C11H19NO3. The molecule has 2 aliphatic rings. The van der Waals surface area contributed by atoms with E-state index in [2.05, 4.69) is 4.90 Å². The fourth-order valence-electron chi connectivity index (χ4n) is 2.67. The zero-order chi connectivity index (χ0) is 10.8. The zero-order valence-corrected chi connectivity index (χ0v) is 9.19. The van der Waals surface area contributed by atoms with Crippen LogP contribution < -0.4 is 0 Å². The summed E-state index contributed by atoms with van der Waals surface area (Å²) in [5.74, 6) is -0.532. The number of carboxylic acid groups (broad SMARTS) is 1. The molecule has 0 aromatic heterocycles. The second-order valence-corrected chi connectivity index (χ2v) is 4.72. The van der Waals surface area contributed by atoms with E-state index < -0.39 is 5.97 Å². The number of aliphatic carboxylic acids is 1. The lowest BCUT2D eigenvalue weighted by molar-refractivity contribution is -0.142. The Morgan fingerprint density at radius 3 is 2.53 bits per heavy atom. The number of likely N-dealkylation sites (tertiary alicyclic amines) is 1. The van der Waals surface area contributed by atoms with Crippen LogP contribution in [0.5, 0.6) is 0 Å². The second kappa shape index (κ2) is 4.49.